The molecule has 82 valence electrons. The molecule has 1 atom stereocenters. The Morgan fingerprint density at radius 1 is 1.53 bits per heavy atom. The lowest BCUT2D eigenvalue weighted by molar-refractivity contribution is -0.385. The summed E-state index contributed by atoms with van der Waals surface area (Å²) in [5.41, 5.74) is 1.71. The molecule has 15 heavy (non-hydrogen) atoms. The second-order valence-electron chi connectivity index (χ2n) is 3.77. The fraction of sp³-hybridized carbons (Fsp3) is 0.455. The minimum atomic E-state index is -0.374. The lowest BCUT2D eigenvalue weighted by atomic mass is 10.0. The van der Waals surface area contributed by atoms with E-state index in [0.29, 0.717) is 18.4 Å². The summed E-state index contributed by atoms with van der Waals surface area (Å²) in [6.45, 7) is 3.43. The van der Waals surface area contributed by atoms with Crippen LogP contribution in [0.25, 0.3) is 0 Å². The summed E-state index contributed by atoms with van der Waals surface area (Å²) in [4.78, 5) is 10.3. The van der Waals surface area contributed by atoms with Crippen molar-refractivity contribution in [3.05, 3.63) is 39.4 Å². The van der Waals surface area contributed by atoms with Crippen LogP contribution in [0, 0.1) is 17.0 Å². The highest BCUT2D eigenvalue weighted by atomic mass is 16.6. The molecule has 0 aliphatic rings. The van der Waals surface area contributed by atoms with Crippen LogP contribution in [0.1, 0.15) is 24.5 Å². The lowest BCUT2D eigenvalue weighted by Gasteiger charge is -2.05. The van der Waals surface area contributed by atoms with Gasteiger partial charge in [0.05, 0.1) is 11.0 Å². The van der Waals surface area contributed by atoms with E-state index in [0.717, 1.165) is 5.56 Å². The van der Waals surface area contributed by atoms with Crippen LogP contribution in [0.5, 0.6) is 0 Å². The zero-order chi connectivity index (χ0) is 11.4. The van der Waals surface area contributed by atoms with Gasteiger partial charge in [-0.2, -0.15) is 0 Å². The minimum Gasteiger partial charge on any atom is -0.393 e. The number of hydrogen-bond acceptors (Lipinski definition) is 3. The van der Waals surface area contributed by atoms with Gasteiger partial charge in [-0.15, -0.1) is 0 Å². The molecular formula is C11H15NO3. The van der Waals surface area contributed by atoms with Gasteiger partial charge in [-0.25, -0.2) is 0 Å². The number of nitro groups is 1. The van der Waals surface area contributed by atoms with Crippen molar-refractivity contribution in [1.82, 2.24) is 0 Å². The lowest BCUT2D eigenvalue weighted by Crippen LogP contribution is -2.02. The average Bonchev–Trinajstić information content (AvgIpc) is 2.16. The third kappa shape index (κ3) is 3.32. The molecule has 0 radical (unpaired) electrons. The number of nitrogens with zero attached hydrogens (tertiary/aromatic N) is 1. The SMILES string of the molecule is Cc1ccc(CC[C@@H](C)O)cc1[N+](=O)[O-]. The molecule has 4 heteroatoms. The molecule has 4 nitrogen and oxygen atoms in total. The predicted octanol–water partition coefficient (Wildman–Crippen LogP) is 2.22. The second-order valence-corrected chi connectivity index (χ2v) is 3.77. The fourth-order valence-electron chi connectivity index (χ4n) is 1.38. The van der Waals surface area contributed by atoms with Crippen molar-refractivity contribution in [2.45, 2.75) is 32.8 Å². The standard InChI is InChI=1S/C11H15NO3/c1-8-3-5-10(6-4-9(2)13)7-11(8)12(14)15/h3,5,7,9,13H,4,6H2,1-2H3/t9-/m1/s1. The maximum absolute atomic E-state index is 10.7. The zero-order valence-electron chi connectivity index (χ0n) is 8.93. The normalized spacial score (nSPS) is 12.5. The van der Waals surface area contributed by atoms with Crippen molar-refractivity contribution in [2.24, 2.45) is 0 Å². The molecule has 0 heterocycles. The Morgan fingerprint density at radius 2 is 2.20 bits per heavy atom. The molecule has 0 saturated heterocycles. The first kappa shape index (κ1) is 11.7. The molecule has 0 aromatic heterocycles. The van der Waals surface area contributed by atoms with Crippen LogP contribution in [0.2, 0.25) is 0 Å². The molecule has 1 rings (SSSR count). The summed E-state index contributed by atoms with van der Waals surface area (Å²) < 4.78 is 0. The minimum absolute atomic E-state index is 0.151. The summed E-state index contributed by atoms with van der Waals surface area (Å²) in [5, 5.41) is 19.8. The number of hydrogen-bond donors (Lipinski definition) is 1. The Kier molecular flexibility index (Phi) is 3.80. The quantitative estimate of drug-likeness (QED) is 0.610. The highest BCUT2D eigenvalue weighted by molar-refractivity contribution is 5.42. The van der Waals surface area contributed by atoms with E-state index in [1.807, 2.05) is 6.07 Å². The molecule has 0 saturated carbocycles. The molecular weight excluding hydrogens is 194 g/mol. The van der Waals surface area contributed by atoms with Crippen LogP contribution in [0.3, 0.4) is 0 Å². The molecule has 1 N–H and O–H groups in total. The summed E-state index contributed by atoms with van der Waals surface area (Å²) in [7, 11) is 0. The van der Waals surface area contributed by atoms with Crippen molar-refractivity contribution in [3.63, 3.8) is 0 Å². The fourth-order valence-corrected chi connectivity index (χ4v) is 1.38. The Labute approximate surface area is 88.7 Å². The molecule has 0 amide bonds. The van der Waals surface area contributed by atoms with Crippen molar-refractivity contribution in [1.29, 1.82) is 0 Å². The maximum atomic E-state index is 10.7. The number of benzene rings is 1. The molecule has 0 bridgehead atoms. The van der Waals surface area contributed by atoms with E-state index < -0.39 is 0 Å². The third-order valence-electron chi connectivity index (χ3n) is 2.32. The van der Waals surface area contributed by atoms with Crippen molar-refractivity contribution < 1.29 is 10.0 Å². The van der Waals surface area contributed by atoms with Crippen LogP contribution in [-0.4, -0.2) is 16.1 Å². The summed E-state index contributed by atoms with van der Waals surface area (Å²) >= 11 is 0. The van der Waals surface area contributed by atoms with Crippen molar-refractivity contribution in [2.75, 3.05) is 0 Å². The number of rotatable bonds is 4. The largest absolute Gasteiger partial charge is 0.393 e. The highest BCUT2D eigenvalue weighted by Crippen LogP contribution is 2.20. The molecule has 0 spiro atoms. The molecule has 0 aliphatic carbocycles. The van der Waals surface area contributed by atoms with E-state index in [1.54, 1.807) is 26.0 Å². The van der Waals surface area contributed by atoms with Crippen molar-refractivity contribution >= 4 is 5.69 Å². The first-order chi connectivity index (χ1) is 7.00. The van der Waals surface area contributed by atoms with Gasteiger partial charge < -0.3 is 5.11 Å². The van der Waals surface area contributed by atoms with Crippen LogP contribution in [-0.2, 0) is 6.42 Å². The number of aliphatic hydroxyl groups is 1. The second kappa shape index (κ2) is 4.89. The van der Waals surface area contributed by atoms with Gasteiger partial charge in [-0.05, 0) is 32.3 Å². The van der Waals surface area contributed by atoms with Gasteiger partial charge in [0, 0.05) is 11.6 Å². The van der Waals surface area contributed by atoms with Gasteiger partial charge >= 0.3 is 0 Å². The number of aryl methyl sites for hydroxylation is 2. The maximum Gasteiger partial charge on any atom is 0.272 e. The summed E-state index contributed by atoms with van der Waals surface area (Å²) in [6, 6.07) is 5.19. The smallest absolute Gasteiger partial charge is 0.272 e. The monoisotopic (exact) mass is 209 g/mol. The molecule has 0 fully saturated rings. The summed E-state index contributed by atoms with van der Waals surface area (Å²) in [6.07, 6.45) is 0.921. The molecule has 1 aromatic carbocycles. The van der Waals surface area contributed by atoms with Crippen LogP contribution >= 0.6 is 0 Å². The topological polar surface area (TPSA) is 63.4 Å². The molecule has 0 aliphatic heterocycles. The van der Waals surface area contributed by atoms with E-state index in [9.17, 15) is 10.1 Å². The van der Waals surface area contributed by atoms with E-state index in [1.165, 1.54) is 0 Å². The van der Waals surface area contributed by atoms with Gasteiger partial charge in [0.2, 0.25) is 0 Å². The van der Waals surface area contributed by atoms with E-state index in [-0.39, 0.29) is 16.7 Å². The third-order valence-corrected chi connectivity index (χ3v) is 2.32. The van der Waals surface area contributed by atoms with Crippen LogP contribution < -0.4 is 0 Å². The van der Waals surface area contributed by atoms with Gasteiger partial charge in [-0.1, -0.05) is 12.1 Å². The van der Waals surface area contributed by atoms with E-state index >= 15 is 0 Å². The Hall–Kier alpha value is -1.42. The van der Waals surface area contributed by atoms with Crippen LogP contribution in [0.4, 0.5) is 5.69 Å². The Balaban J connectivity index is 2.83. The average molecular weight is 209 g/mol. The molecule has 1 aromatic rings. The zero-order valence-corrected chi connectivity index (χ0v) is 8.93. The predicted molar refractivity (Wildman–Crippen MR) is 57.8 cm³/mol. The van der Waals surface area contributed by atoms with E-state index in [4.69, 9.17) is 5.11 Å². The van der Waals surface area contributed by atoms with Gasteiger partial charge in [0.15, 0.2) is 0 Å². The van der Waals surface area contributed by atoms with Gasteiger partial charge in [0.25, 0.3) is 5.69 Å². The summed E-state index contributed by atoms with van der Waals surface area (Å²) in [5.74, 6) is 0. The first-order valence-electron chi connectivity index (χ1n) is 4.92. The van der Waals surface area contributed by atoms with E-state index in [2.05, 4.69) is 0 Å². The number of aliphatic hydroxyl groups excluding tert-OH is 1. The van der Waals surface area contributed by atoms with Gasteiger partial charge in [0.1, 0.15) is 0 Å². The van der Waals surface area contributed by atoms with Gasteiger partial charge in [-0.3, -0.25) is 10.1 Å². The van der Waals surface area contributed by atoms with Crippen molar-refractivity contribution in [3.8, 4) is 0 Å². The molecule has 0 unspecified atom stereocenters. The Morgan fingerprint density at radius 3 is 2.73 bits per heavy atom. The van der Waals surface area contributed by atoms with Crippen LogP contribution in [0.15, 0.2) is 18.2 Å². The highest BCUT2D eigenvalue weighted by Gasteiger charge is 2.10. The first-order valence-corrected chi connectivity index (χ1v) is 4.92. The Bertz CT molecular complexity index is 361. The number of nitro benzene ring substituents is 1.